The van der Waals surface area contributed by atoms with Crippen LogP contribution in [-0.4, -0.2) is 30.0 Å². The standard InChI is InChI=1S/C16H21N3O/c1-12-14-6-2-3-7-15(14)16(19-18-12)17-9-8-13-5-4-10-20-11-13/h2-3,6-7,13H,4-5,8-11H2,1H3,(H,17,19)/t13-/m0/s1. The van der Waals surface area contributed by atoms with Gasteiger partial charge in [-0.25, -0.2) is 0 Å². The predicted octanol–water partition coefficient (Wildman–Crippen LogP) is 3.17. The van der Waals surface area contributed by atoms with E-state index in [0.717, 1.165) is 43.1 Å². The molecule has 4 nitrogen and oxygen atoms in total. The fraction of sp³-hybridized carbons (Fsp3) is 0.500. The summed E-state index contributed by atoms with van der Waals surface area (Å²) < 4.78 is 5.52. The summed E-state index contributed by atoms with van der Waals surface area (Å²) in [5.74, 6) is 1.57. The average Bonchev–Trinajstić information content (AvgIpc) is 2.51. The monoisotopic (exact) mass is 271 g/mol. The molecule has 1 N–H and O–H groups in total. The summed E-state index contributed by atoms with van der Waals surface area (Å²) in [6.45, 7) is 4.76. The molecule has 106 valence electrons. The van der Waals surface area contributed by atoms with Gasteiger partial charge in [-0.2, -0.15) is 5.10 Å². The summed E-state index contributed by atoms with van der Waals surface area (Å²) in [7, 11) is 0. The van der Waals surface area contributed by atoms with Crippen molar-refractivity contribution in [2.75, 3.05) is 25.1 Å². The van der Waals surface area contributed by atoms with Gasteiger partial charge in [-0.05, 0) is 32.1 Å². The highest BCUT2D eigenvalue weighted by molar-refractivity contribution is 5.92. The molecule has 0 spiro atoms. The Hall–Kier alpha value is -1.68. The fourth-order valence-electron chi connectivity index (χ4n) is 2.80. The lowest BCUT2D eigenvalue weighted by Crippen LogP contribution is -2.20. The Labute approximate surface area is 119 Å². The molecule has 1 aliphatic heterocycles. The van der Waals surface area contributed by atoms with Crippen molar-refractivity contribution >= 4 is 16.6 Å². The van der Waals surface area contributed by atoms with Crippen molar-refractivity contribution < 1.29 is 4.74 Å². The van der Waals surface area contributed by atoms with E-state index in [1.165, 1.54) is 18.2 Å². The lowest BCUT2D eigenvalue weighted by Gasteiger charge is -2.22. The van der Waals surface area contributed by atoms with E-state index in [2.05, 4.69) is 27.6 Å². The molecule has 3 rings (SSSR count). The second-order valence-electron chi connectivity index (χ2n) is 5.48. The molecule has 2 aromatic rings. The molecule has 1 atom stereocenters. The van der Waals surface area contributed by atoms with Crippen molar-refractivity contribution in [1.82, 2.24) is 10.2 Å². The van der Waals surface area contributed by atoms with E-state index in [1.54, 1.807) is 0 Å². The number of nitrogens with zero attached hydrogens (tertiary/aromatic N) is 2. The minimum atomic E-state index is 0.681. The number of ether oxygens (including phenoxy) is 1. The first-order chi connectivity index (χ1) is 9.84. The summed E-state index contributed by atoms with van der Waals surface area (Å²) in [5.41, 5.74) is 0.979. The van der Waals surface area contributed by atoms with Gasteiger partial charge in [0.15, 0.2) is 5.82 Å². The SMILES string of the molecule is Cc1nnc(NCC[C@@H]2CCCOC2)c2ccccc12. The van der Waals surface area contributed by atoms with Crippen LogP contribution < -0.4 is 5.32 Å². The fourth-order valence-corrected chi connectivity index (χ4v) is 2.80. The molecule has 0 amide bonds. The lowest BCUT2D eigenvalue weighted by atomic mass is 9.99. The van der Waals surface area contributed by atoms with E-state index in [4.69, 9.17) is 4.74 Å². The summed E-state index contributed by atoms with van der Waals surface area (Å²) in [4.78, 5) is 0. The summed E-state index contributed by atoms with van der Waals surface area (Å²) in [5, 5.41) is 14.3. The Morgan fingerprint density at radius 3 is 2.90 bits per heavy atom. The smallest absolute Gasteiger partial charge is 0.156 e. The van der Waals surface area contributed by atoms with Gasteiger partial charge in [-0.3, -0.25) is 0 Å². The zero-order valence-corrected chi connectivity index (χ0v) is 11.9. The number of hydrogen-bond acceptors (Lipinski definition) is 4. The third kappa shape index (κ3) is 2.90. The van der Waals surface area contributed by atoms with E-state index in [0.29, 0.717) is 5.92 Å². The summed E-state index contributed by atoms with van der Waals surface area (Å²) in [6.07, 6.45) is 3.60. The van der Waals surface area contributed by atoms with Crippen LogP contribution in [-0.2, 0) is 4.74 Å². The molecule has 0 radical (unpaired) electrons. The second kappa shape index (κ2) is 6.18. The van der Waals surface area contributed by atoms with Crippen molar-refractivity contribution in [3.05, 3.63) is 30.0 Å². The topological polar surface area (TPSA) is 47.0 Å². The van der Waals surface area contributed by atoms with Gasteiger partial charge in [-0.15, -0.1) is 5.10 Å². The Balaban J connectivity index is 1.67. The van der Waals surface area contributed by atoms with Gasteiger partial charge in [0.1, 0.15) is 0 Å². The molecule has 4 heteroatoms. The van der Waals surface area contributed by atoms with Crippen LogP contribution in [0.15, 0.2) is 24.3 Å². The van der Waals surface area contributed by atoms with E-state index in [9.17, 15) is 0 Å². The Morgan fingerprint density at radius 2 is 2.10 bits per heavy atom. The van der Waals surface area contributed by atoms with Crippen LogP contribution in [0, 0.1) is 12.8 Å². The third-order valence-corrected chi connectivity index (χ3v) is 3.97. The van der Waals surface area contributed by atoms with Gasteiger partial charge in [0, 0.05) is 30.5 Å². The van der Waals surface area contributed by atoms with Crippen LogP contribution in [0.25, 0.3) is 10.8 Å². The Morgan fingerprint density at radius 1 is 1.25 bits per heavy atom. The molecule has 1 aromatic carbocycles. The Bertz CT molecular complexity index is 579. The molecule has 1 fully saturated rings. The van der Waals surface area contributed by atoms with Gasteiger partial charge in [0.05, 0.1) is 5.69 Å². The van der Waals surface area contributed by atoms with Crippen molar-refractivity contribution in [3.8, 4) is 0 Å². The number of benzene rings is 1. The number of fused-ring (bicyclic) bond motifs is 1. The van der Waals surface area contributed by atoms with Crippen molar-refractivity contribution in [3.63, 3.8) is 0 Å². The van der Waals surface area contributed by atoms with Gasteiger partial charge in [0.25, 0.3) is 0 Å². The predicted molar refractivity (Wildman–Crippen MR) is 80.9 cm³/mol. The Kier molecular flexibility index (Phi) is 4.11. The first kappa shape index (κ1) is 13.3. The molecule has 0 bridgehead atoms. The highest BCUT2D eigenvalue weighted by Gasteiger charge is 2.13. The van der Waals surface area contributed by atoms with Gasteiger partial charge >= 0.3 is 0 Å². The minimum absolute atomic E-state index is 0.681. The number of aryl methyl sites for hydroxylation is 1. The van der Waals surface area contributed by atoms with Crippen LogP contribution in [0.2, 0.25) is 0 Å². The van der Waals surface area contributed by atoms with E-state index in [1.807, 2.05) is 19.1 Å². The first-order valence-corrected chi connectivity index (χ1v) is 7.38. The highest BCUT2D eigenvalue weighted by atomic mass is 16.5. The zero-order valence-electron chi connectivity index (χ0n) is 11.9. The maximum absolute atomic E-state index is 5.52. The van der Waals surface area contributed by atoms with E-state index < -0.39 is 0 Å². The average molecular weight is 271 g/mol. The maximum Gasteiger partial charge on any atom is 0.156 e. The number of nitrogens with one attached hydrogen (secondary N) is 1. The molecule has 0 saturated carbocycles. The van der Waals surface area contributed by atoms with Crippen LogP contribution >= 0.6 is 0 Å². The minimum Gasteiger partial charge on any atom is -0.381 e. The molecule has 1 saturated heterocycles. The van der Waals surface area contributed by atoms with Crippen molar-refractivity contribution in [2.45, 2.75) is 26.2 Å². The normalized spacial score (nSPS) is 19.1. The molecule has 20 heavy (non-hydrogen) atoms. The zero-order chi connectivity index (χ0) is 13.8. The second-order valence-corrected chi connectivity index (χ2v) is 5.48. The van der Waals surface area contributed by atoms with E-state index in [-0.39, 0.29) is 0 Å². The quantitative estimate of drug-likeness (QED) is 0.928. The maximum atomic E-state index is 5.52. The van der Waals surface area contributed by atoms with Gasteiger partial charge in [0.2, 0.25) is 0 Å². The summed E-state index contributed by atoms with van der Waals surface area (Å²) >= 11 is 0. The van der Waals surface area contributed by atoms with Crippen molar-refractivity contribution in [1.29, 1.82) is 0 Å². The van der Waals surface area contributed by atoms with Crippen LogP contribution in [0.3, 0.4) is 0 Å². The number of aromatic nitrogens is 2. The van der Waals surface area contributed by atoms with Crippen LogP contribution in [0.5, 0.6) is 0 Å². The molecular weight excluding hydrogens is 250 g/mol. The molecule has 2 heterocycles. The summed E-state index contributed by atoms with van der Waals surface area (Å²) in [6, 6.07) is 8.28. The molecule has 1 aliphatic rings. The molecule has 0 aliphatic carbocycles. The molecule has 0 unspecified atom stereocenters. The van der Waals surface area contributed by atoms with Crippen molar-refractivity contribution in [2.24, 2.45) is 5.92 Å². The lowest BCUT2D eigenvalue weighted by molar-refractivity contribution is 0.0530. The van der Waals surface area contributed by atoms with Gasteiger partial charge in [-0.1, -0.05) is 24.3 Å². The van der Waals surface area contributed by atoms with E-state index >= 15 is 0 Å². The highest BCUT2D eigenvalue weighted by Crippen LogP contribution is 2.23. The van der Waals surface area contributed by atoms with Gasteiger partial charge < -0.3 is 10.1 Å². The molecule has 1 aromatic heterocycles. The van der Waals surface area contributed by atoms with Crippen LogP contribution in [0.4, 0.5) is 5.82 Å². The number of rotatable bonds is 4. The molecular formula is C16H21N3O. The number of hydrogen-bond donors (Lipinski definition) is 1. The number of anilines is 1. The first-order valence-electron chi connectivity index (χ1n) is 7.38. The van der Waals surface area contributed by atoms with Crippen LogP contribution in [0.1, 0.15) is 25.0 Å². The third-order valence-electron chi connectivity index (χ3n) is 3.97. The largest absolute Gasteiger partial charge is 0.381 e.